The molecule has 0 spiro atoms. The van der Waals surface area contributed by atoms with Gasteiger partial charge in [0.15, 0.2) is 0 Å². The molecule has 14 heavy (non-hydrogen) atoms. The summed E-state index contributed by atoms with van der Waals surface area (Å²) in [6.45, 7) is 1.40. The normalized spacial score (nSPS) is 15.9. The molecule has 0 aromatic heterocycles. The van der Waals surface area contributed by atoms with E-state index in [2.05, 4.69) is 0 Å². The molecule has 0 N–H and O–H groups in total. The van der Waals surface area contributed by atoms with Gasteiger partial charge in [0.1, 0.15) is 0 Å². The van der Waals surface area contributed by atoms with Crippen molar-refractivity contribution in [2.24, 2.45) is 0 Å². The molecule has 3 nitrogen and oxygen atoms in total. The van der Waals surface area contributed by atoms with Crippen LogP contribution in [-0.2, 0) is 16.1 Å². The molecular formula is C11H13NO2. The van der Waals surface area contributed by atoms with Gasteiger partial charge < -0.3 is 0 Å². The summed E-state index contributed by atoms with van der Waals surface area (Å²) in [4.78, 5) is 16.8. The molecule has 1 amide bonds. The number of carbonyl (C=O) groups is 1. The Morgan fingerprint density at radius 1 is 1.36 bits per heavy atom. The Morgan fingerprint density at radius 3 is 2.79 bits per heavy atom. The average Bonchev–Trinajstić information content (AvgIpc) is 2.72. The Morgan fingerprint density at radius 2 is 2.14 bits per heavy atom. The van der Waals surface area contributed by atoms with E-state index >= 15 is 0 Å². The third kappa shape index (κ3) is 2.12. The Balaban J connectivity index is 1.94. The fourth-order valence-electron chi connectivity index (χ4n) is 1.50. The van der Waals surface area contributed by atoms with Crippen LogP contribution in [0.2, 0.25) is 0 Å². The number of carbonyl (C=O) groups excluding carboxylic acids is 1. The molecule has 0 atom stereocenters. The number of rotatable bonds is 2. The van der Waals surface area contributed by atoms with E-state index in [9.17, 15) is 4.79 Å². The second-order valence-corrected chi connectivity index (χ2v) is 3.34. The minimum atomic E-state index is 0.0497. The fourth-order valence-corrected chi connectivity index (χ4v) is 1.50. The van der Waals surface area contributed by atoms with E-state index in [-0.39, 0.29) is 5.91 Å². The summed E-state index contributed by atoms with van der Waals surface area (Å²) in [5.41, 5.74) is 1.04. The van der Waals surface area contributed by atoms with Crippen LogP contribution in [0.4, 0.5) is 0 Å². The molecule has 74 valence electrons. The Bertz CT molecular complexity index is 304. The first kappa shape index (κ1) is 9.21. The van der Waals surface area contributed by atoms with Crippen LogP contribution in [0.1, 0.15) is 12.0 Å². The van der Waals surface area contributed by atoms with Gasteiger partial charge in [-0.1, -0.05) is 30.3 Å². The monoisotopic (exact) mass is 191 g/mol. The lowest BCUT2D eigenvalue weighted by atomic mass is 10.1. The van der Waals surface area contributed by atoms with Crippen LogP contribution in [0.25, 0.3) is 0 Å². The molecule has 0 aliphatic carbocycles. The molecule has 1 aliphatic heterocycles. The lowest BCUT2D eigenvalue weighted by Crippen LogP contribution is -2.27. The molecule has 1 aromatic carbocycles. The minimum Gasteiger partial charge on any atom is -0.272 e. The van der Waals surface area contributed by atoms with Crippen LogP contribution in [0, 0.1) is 0 Å². The Kier molecular flexibility index (Phi) is 2.79. The smallest absolute Gasteiger partial charge is 0.250 e. The third-order valence-corrected chi connectivity index (χ3v) is 2.23. The maximum absolute atomic E-state index is 11.6. The number of hydrogen-bond acceptors (Lipinski definition) is 2. The predicted octanol–water partition coefficient (Wildman–Crippen LogP) is 1.39. The molecular weight excluding hydrogens is 178 g/mol. The van der Waals surface area contributed by atoms with Gasteiger partial charge in [-0.15, -0.1) is 0 Å². The number of amides is 1. The first-order valence-corrected chi connectivity index (χ1v) is 4.83. The number of hydrogen-bond donors (Lipinski definition) is 0. The summed E-state index contributed by atoms with van der Waals surface area (Å²) in [6.07, 6.45) is 1.38. The first-order chi connectivity index (χ1) is 6.86. The zero-order valence-corrected chi connectivity index (χ0v) is 7.98. The summed E-state index contributed by atoms with van der Waals surface area (Å²) in [6, 6.07) is 9.73. The molecule has 1 heterocycles. The molecule has 0 saturated carbocycles. The summed E-state index contributed by atoms with van der Waals surface area (Å²) in [7, 11) is 0. The van der Waals surface area contributed by atoms with Crippen LogP contribution in [0.3, 0.4) is 0 Å². The fraction of sp³-hybridized carbons (Fsp3) is 0.364. The van der Waals surface area contributed by atoms with Crippen molar-refractivity contribution < 1.29 is 9.63 Å². The van der Waals surface area contributed by atoms with Gasteiger partial charge in [-0.25, -0.2) is 5.06 Å². The number of nitrogens with zero attached hydrogens (tertiary/aromatic N) is 1. The number of hydroxylamine groups is 2. The quantitative estimate of drug-likeness (QED) is 0.707. The first-order valence-electron chi connectivity index (χ1n) is 4.83. The minimum absolute atomic E-state index is 0.0497. The molecule has 0 unspecified atom stereocenters. The van der Waals surface area contributed by atoms with Gasteiger partial charge in [-0.2, -0.15) is 0 Å². The standard InChI is InChI=1S/C11H13NO2/c13-11(12-7-4-8-14-12)9-10-5-2-1-3-6-10/h1-3,5-6H,4,7-9H2. The van der Waals surface area contributed by atoms with Crippen molar-refractivity contribution in [3.8, 4) is 0 Å². The van der Waals surface area contributed by atoms with E-state index in [1.54, 1.807) is 0 Å². The van der Waals surface area contributed by atoms with Gasteiger partial charge in [0.05, 0.1) is 19.6 Å². The zero-order valence-electron chi connectivity index (χ0n) is 7.98. The predicted molar refractivity (Wildman–Crippen MR) is 52.4 cm³/mol. The van der Waals surface area contributed by atoms with Crippen molar-refractivity contribution in [3.63, 3.8) is 0 Å². The lowest BCUT2D eigenvalue weighted by molar-refractivity contribution is -0.167. The maximum atomic E-state index is 11.6. The van der Waals surface area contributed by atoms with E-state index < -0.39 is 0 Å². The second kappa shape index (κ2) is 4.24. The highest BCUT2D eigenvalue weighted by Crippen LogP contribution is 2.08. The molecule has 1 fully saturated rings. The molecule has 0 radical (unpaired) electrons. The van der Waals surface area contributed by atoms with Crippen molar-refractivity contribution in [1.29, 1.82) is 0 Å². The van der Waals surface area contributed by atoms with E-state index in [4.69, 9.17) is 4.84 Å². The van der Waals surface area contributed by atoms with Crippen molar-refractivity contribution in [1.82, 2.24) is 5.06 Å². The van der Waals surface area contributed by atoms with Gasteiger partial charge in [-0.05, 0) is 12.0 Å². The van der Waals surface area contributed by atoms with Gasteiger partial charge >= 0.3 is 0 Å². The van der Waals surface area contributed by atoms with Crippen molar-refractivity contribution in [3.05, 3.63) is 35.9 Å². The highest BCUT2D eigenvalue weighted by atomic mass is 16.7. The van der Waals surface area contributed by atoms with Crippen LogP contribution in [-0.4, -0.2) is 24.1 Å². The van der Waals surface area contributed by atoms with E-state index in [0.717, 1.165) is 18.5 Å². The lowest BCUT2D eigenvalue weighted by Gasteiger charge is -2.13. The Hall–Kier alpha value is -1.35. The summed E-state index contributed by atoms with van der Waals surface area (Å²) >= 11 is 0. The van der Waals surface area contributed by atoms with Gasteiger partial charge in [0.25, 0.3) is 5.91 Å². The highest BCUT2D eigenvalue weighted by Gasteiger charge is 2.18. The summed E-state index contributed by atoms with van der Waals surface area (Å²) in [5, 5.41) is 1.47. The molecule has 0 bridgehead atoms. The van der Waals surface area contributed by atoms with Gasteiger partial charge in [0.2, 0.25) is 0 Å². The molecule has 3 heteroatoms. The maximum Gasteiger partial charge on any atom is 0.250 e. The number of benzene rings is 1. The van der Waals surface area contributed by atoms with E-state index in [1.807, 2.05) is 30.3 Å². The van der Waals surface area contributed by atoms with Crippen molar-refractivity contribution in [2.45, 2.75) is 12.8 Å². The average molecular weight is 191 g/mol. The van der Waals surface area contributed by atoms with Crippen LogP contribution in [0.5, 0.6) is 0 Å². The largest absolute Gasteiger partial charge is 0.272 e. The van der Waals surface area contributed by atoms with Gasteiger partial charge in [0, 0.05) is 0 Å². The SMILES string of the molecule is O=C(Cc1ccccc1)N1CCCO1. The zero-order chi connectivity index (χ0) is 9.80. The van der Waals surface area contributed by atoms with Crippen molar-refractivity contribution >= 4 is 5.91 Å². The summed E-state index contributed by atoms with van der Waals surface area (Å²) in [5.74, 6) is 0.0497. The van der Waals surface area contributed by atoms with Crippen molar-refractivity contribution in [2.75, 3.05) is 13.2 Å². The van der Waals surface area contributed by atoms with Crippen LogP contribution < -0.4 is 0 Å². The molecule has 1 aromatic rings. The topological polar surface area (TPSA) is 29.5 Å². The Labute approximate surface area is 83.2 Å². The molecule has 1 saturated heterocycles. The second-order valence-electron chi connectivity index (χ2n) is 3.34. The van der Waals surface area contributed by atoms with E-state index in [0.29, 0.717) is 13.0 Å². The summed E-state index contributed by atoms with van der Waals surface area (Å²) < 4.78 is 0. The molecule has 2 rings (SSSR count). The van der Waals surface area contributed by atoms with Gasteiger partial charge in [-0.3, -0.25) is 9.63 Å². The van der Waals surface area contributed by atoms with Crippen LogP contribution in [0.15, 0.2) is 30.3 Å². The highest BCUT2D eigenvalue weighted by molar-refractivity contribution is 5.77. The van der Waals surface area contributed by atoms with E-state index in [1.165, 1.54) is 5.06 Å². The third-order valence-electron chi connectivity index (χ3n) is 2.23. The van der Waals surface area contributed by atoms with Crippen LogP contribution >= 0.6 is 0 Å². The molecule has 1 aliphatic rings.